The summed E-state index contributed by atoms with van der Waals surface area (Å²) in [6, 6.07) is 45.0. The summed E-state index contributed by atoms with van der Waals surface area (Å²) in [4.78, 5) is 16.2. The number of rotatable bonds is 10. The molecule has 0 spiro atoms. The molecule has 6 heteroatoms. The van der Waals surface area contributed by atoms with E-state index in [1.165, 1.54) is 0 Å². The van der Waals surface area contributed by atoms with Crippen molar-refractivity contribution in [3.05, 3.63) is 167 Å². The number of hydrogen-bond donors (Lipinski definition) is 1. The Hall–Kier alpha value is -5.36. The first-order chi connectivity index (χ1) is 21.6. The van der Waals surface area contributed by atoms with Crippen molar-refractivity contribution in [1.82, 2.24) is 4.90 Å². The molecule has 1 N–H and O–H groups in total. The van der Waals surface area contributed by atoms with Crippen LogP contribution in [-0.2, 0) is 23.4 Å². The zero-order valence-electron chi connectivity index (χ0n) is 24.8. The van der Waals surface area contributed by atoms with Crippen LogP contribution in [0.4, 0.5) is 0 Å². The average molecular weight is 584 g/mol. The van der Waals surface area contributed by atoms with E-state index in [0.717, 1.165) is 39.6 Å². The topological polar surface area (TPSA) is 62.0 Å². The first-order valence-electron chi connectivity index (χ1n) is 14.6. The Morgan fingerprint density at radius 3 is 1.73 bits per heavy atom. The molecule has 44 heavy (non-hydrogen) atoms. The second-order valence-corrected chi connectivity index (χ2v) is 10.9. The number of benzene rings is 5. The first-order valence-corrected chi connectivity index (χ1v) is 14.6. The number of carboxylic acids is 1. The third kappa shape index (κ3) is 5.20. The summed E-state index contributed by atoms with van der Waals surface area (Å²) in [5.74, 6) is 1.44. The lowest BCUT2D eigenvalue weighted by Gasteiger charge is -2.35. The molecule has 5 aromatic rings. The van der Waals surface area contributed by atoms with Crippen LogP contribution in [0.2, 0.25) is 0 Å². The molecule has 0 amide bonds. The largest absolute Gasteiger partial charge is 0.497 e. The van der Waals surface area contributed by atoms with Crippen molar-refractivity contribution in [2.45, 2.75) is 24.7 Å². The standard InChI is InChI=1S/C38H34N2O4/c1-43-33-22-18-28(19-23-33)26-39-35(30-12-6-3-7-13-30)38(37(41)42,32-16-10-5-11-17-32)40(36(39)31-14-8-4-9-15-31)27-29-20-24-34(44-2)25-21-29/h3-25,35H,26-27H2,1-2H3/p+1. The van der Waals surface area contributed by atoms with Gasteiger partial charge < -0.3 is 14.6 Å². The lowest BCUT2D eigenvalue weighted by atomic mass is 9.78. The maximum atomic E-state index is 14.1. The number of hydrogen-bond acceptors (Lipinski definition) is 4. The van der Waals surface area contributed by atoms with Crippen LogP contribution in [0, 0.1) is 0 Å². The number of aliphatic carboxylic acids is 1. The fourth-order valence-corrected chi connectivity index (χ4v) is 6.35. The molecule has 0 fully saturated rings. The van der Waals surface area contributed by atoms with Crippen molar-refractivity contribution in [3.8, 4) is 11.5 Å². The van der Waals surface area contributed by atoms with E-state index in [0.29, 0.717) is 18.7 Å². The Morgan fingerprint density at radius 2 is 1.20 bits per heavy atom. The minimum atomic E-state index is -1.47. The molecule has 1 aliphatic rings. The Labute approximate surface area is 258 Å². The smallest absolute Gasteiger partial charge is 0.362 e. The van der Waals surface area contributed by atoms with E-state index in [1.807, 2.05) is 127 Å². The zero-order valence-corrected chi connectivity index (χ0v) is 24.8. The summed E-state index contributed by atoms with van der Waals surface area (Å²) >= 11 is 0. The molecule has 0 aromatic heterocycles. The molecule has 0 bridgehead atoms. The van der Waals surface area contributed by atoms with Gasteiger partial charge in [0.15, 0.2) is 6.04 Å². The van der Waals surface area contributed by atoms with E-state index >= 15 is 0 Å². The number of amidine groups is 1. The SMILES string of the molecule is COc1ccc(CN2C(c3ccccc3)=[N+](Cc3ccc(OC)cc3)C(c3ccccc3)C2(C(=O)O)c2ccccc2)cc1. The summed E-state index contributed by atoms with van der Waals surface area (Å²) in [5, 5.41) is 11.6. The first kappa shape index (κ1) is 28.7. The molecule has 220 valence electrons. The summed E-state index contributed by atoms with van der Waals surface area (Å²) in [7, 11) is 3.30. The summed E-state index contributed by atoms with van der Waals surface area (Å²) < 4.78 is 13.1. The maximum Gasteiger partial charge on any atom is 0.362 e. The van der Waals surface area contributed by atoms with E-state index in [-0.39, 0.29) is 0 Å². The Bertz CT molecular complexity index is 1740. The summed E-state index contributed by atoms with van der Waals surface area (Å²) in [5.41, 5.74) is 3.10. The molecular weight excluding hydrogens is 548 g/mol. The molecule has 5 aromatic carbocycles. The van der Waals surface area contributed by atoms with Crippen LogP contribution >= 0.6 is 0 Å². The highest BCUT2D eigenvalue weighted by atomic mass is 16.5. The number of methoxy groups -OCH3 is 2. The van der Waals surface area contributed by atoms with E-state index in [2.05, 4.69) is 21.6 Å². The predicted molar refractivity (Wildman–Crippen MR) is 171 cm³/mol. The molecule has 6 rings (SSSR count). The highest BCUT2D eigenvalue weighted by Crippen LogP contribution is 2.50. The van der Waals surface area contributed by atoms with Gasteiger partial charge in [0.05, 0.1) is 19.8 Å². The Kier molecular flexibility index (Phi) is 8.15. The monoisotopic (exact) mass is 583 g/mol. The number of nitrogens with zero attached hydrogens (tertiary/aromatic N) is 2. The fraction of sp³-hybridized carbons (Fsp3) is 0.158. The van der Waals surface area contributed by atoms with Gasteiger partial charge in [-0.15, -0.1) is 0 Å². The Balaban J connectivity index is 1.67. The van der Waals surface area contributed by atoms with Gasteiger partial charge in [0, 0.05) is 11.1 Å². The van der Waals surface area contributed by atoms with E-state index < -0.39 is 17.6 Å². The third-order valence-corrected chi connectivity index (χ3v) is 8.36. The van der Waals surface area contributed by atoms with E-state index in [9.17, 15) is 9.90 Å². The van der Waals surface area contributed by atoms with Crippen molar-refractivity contribution in [3.63, 3.8) is 0 Å². The minimum absolute atomic E-state index is 0.359. The van der Waals surface area contributed by atoms with Crippen LogP contribution in [0.5, 0.6) is 11.5 Å². The van der Waals surface area contributed by atoms with Crippen LogP contribution < -0.4 is 9.47 Å². The second-order valence-electron chi connectivity index (χ2n) is 10.9. The van der Waals surface area contributed by atoms with Gasteiger partial charge in [-0.2, -0.15) is 0 Å². The van der Waals surface area contributed by atoms with Crippen LogP contribution in [0.15, 0.2) is 140 Å². The highest BCUT2D eigenvalue weighted by molar-refractivity contribution is 6.01. The van der Waals surface area contributed by atoms with Crippen molar-refractivity contribution < 1.29 is 24.0 Å². The molecule has 2 unspecified atom stereocenters. The van der Waals surface area contributed by atoms with Crippen molar-refractivity contribution >= 4 is 11.8 Å². The van der Waals surface area contributed by atoms with Gasteiger partial charge in [-0.1, -0.05) is 103 Å². The summed E-state index contributed by atoms with van der Waals surface area (Å²) in [6.45, 7) is 0.840. The number of carbonyl (C=O) groups is 1. The number of carboxylic acid groups (broad SMARTS) is 1. The Morgan fingerprint density at radius 1 is 0.705 bits per heavy atom. The molecule has 0 saturated heterocycles. The quantitative estimate of drug-likeness (QED) is 0.181. The van der Waals surface area contributed by atoms with Crippen LogP contribution in [0.3, 0.4) is 0 Å². The zero-order chi connectivity index (χ0) is 30.5. The highest BCUT2D eigenvalue weighted by Gasteiger charge is 2.67. The fourth-order valence-electron chi connectivity index (χ4n) is 6.35. The van der Waals surface area contributed by atoms with Crippen LogP contribution in [0.25, 0.3) is 0 Å². The van der Waals surface area contributed by atoms with Crippen LogP contribution in [0.1, 0.15) is 33.9 Å². The van der Waals surface area contributed by atoms with Gasteiger partial charge >= 0.3 is 5.97 Å². The maximum absolute atomic E-state index is 14.1. The molecule has 0 radical (unpaired) electrons. The van der Waals surface area contributed by atoms with Gasteiger partial charge in [-0.05, 0) is 47.5 Å². The molecule has 6 nitrogen and oxygen atoms in total. The van der Waals surface area contributed by atoms with Crippen molar-refractivity contribution in [2.75, 3.05) is 14.2 Å². The second kappa shape index (κ2) is 12.5. The van der Waals surface area contributed by atoms with Gasteiger partial charge in [0.1, 0.15) is 24.6 Å². The molecule has 1 heterocycles. The average Bonchev–Trinajstić information content (AvgIpc) is 3.36. The van der Waals surface area contributed by atoms with Gasteiger partial charge in [-0.25, -0.2) is 14.3 Å². The van der Waals surface area contributed by atoms with E-state index in [1.54, 1.807) is 14.2 Å². The molecule has 0 saturated carbocycles. The van der Waals surface area contributed by atoms with Crippen LogP contribution in [-0.4, -0.2) is 40.6 Å². The third-order valence-electron chi connectivity index (χ3n) is 8.36. The minimum Gasteiger partial charge on any atom is -0.497 e. The summed E-state index contributed by atoms with van der Waals surface area (Å²) in [6.07, 6.45) is 0. The normalized spacial score (nSPS) is 17.9. The van der Waals surface area contributed by atoms with E-state index in [4.69, 9.17) is 9.47 Å². The molecular formula is C38H35N2O4+. The predicted octanol–water partition coefficient (Wildman–Crippen LogP) is 6.90. The van der Waals surface area contributed by atoms with Crippen molar-refractivity contribution in [1.29, 1.82) is 0 Å². The van der Waals surface area contributed by atoms with Gasteiger partial charge in [-0.3, -0.25) is 0 Å². The van der Waals surface area contributed by atoms with Gasteiger partial charge in [0.2, 0.25) is 0 Å². The number of ether oxygens (including phenoxy) is 2. The van der Waals surface area contributed by atoms with Gasteiger partial charge in [0.25, 0.3) is 11.4 Å². The van der Waals surface area contributed by atoms with Crippen molar-refractivity contribution in [2.24, 2.45) is 0 Å². The molecule has 2 atom stereocenters. The molecule has 0 aliphatic carbocycles. The lowest BCUT2D eigenvalue weighted by Crippen LogP contribution is -2.53. The lowest BCUT2D eigenvalue weighted by molar-refractivity contribution is -0.586. The molecule has 1 aliphatic heterocycles.